The average Bonchev–Trinajstić information content (AvgIpc) is 2.88. The molecule has 0 aliphatic heterocycles. The molecular weight excluding hydrogens is 416 g/mol. The molecule has 190 valence electrons. The molecule has 0 fully saturated rings. The predicted molar refractivity (Wildman–Crippen MR) is 148 cm³/mol. The van der Waals surface area contributed by atoms with Crippen LogP contribution in [0.2, 0.25) is 0 Å². The molecule has 2 rings (SSSR count). The molecule has 0 aromatic heterocycles. The highest BCUT2D eigenvalue weighted by atomic mass is 16.5. The first-order chi connectivity index (χ1) is 16.7. The third-order valence-corrected chi connectivity index (χ3v) is 6.66. The van der Waals surface area contributed by atoms with Crippen molar-refractivity contribution in [3.8, 4) is 16.9 Å². The van der Waals surface area contributed by atoms with E-state index in [9.17, 15) is 0 Å². The third-order valence-electron chi connectivity index (χ3n) is 6.66. The fourth-order valence-corrected chi connectivity index (χ4v) is 4.39. The van der Waals surface area contributed by atoms with Crippen LogP contribution >= 0.6 is 0 Å². The van der Waals surface area contributed by atoms with Gasteiger partial charge >= 0.3 is 0 Å². The minimum Gasteiger partial charge on any atom is -0.494 e. The largest absolute Gasteiger partial charge is 0.494 e. The lowest BCUT2D eigenvalue weighted by molar-refractivity contribution is 0.0627. The summed E-state index contributed by atoms with van der Waals surface area (Å²) in [5.74, 6) is 0.942. The molecule has 0 saturated carbocycles. The zero-order valence-corrected chi connectivity index (χ0v) is 22.3. The average molecular weight is 467 g/mol. The van der Waals surface area contributed by atoms with Gasteiger partial charge in [0.25, 0.3) is 0 Å². The lowest BCUT2D eigenvalue weighted by Gasteiger charge is -2.14. The molecular formula is C32H50O2. The second kappa shape index (κ2) is 18.5. The molecule has 1 atom stereocenters. The van der Waals surface area contributed by atoms with E-state index in [1.807, 2.05) is 0 Å². The highest BCUT2D eigenvalue weighted by Crippen LogP contribution is 2.25. The predicted octanol–water partition coefficient (Wildman–Crippen LogP) is 10.3. The second-order valence-corrected chi connectivity index (χ2v) is 9.75. The summed E-state index contributed by atoms with van der Waals surface area (Å²) in [6, 6.07) is 17.2. The fourth-order valence-electron chi connectivity index (χ4n) is 4.39. The fraction of sp³-hybridized carbons (Fsp3) is 0.625. The minimum atomic E-state index is 0.149. The molecule has 0 aliphatic rings. The molecule has 1 unspecified atom stereocenters. The van der Waals surface area contributed by atoms with E-state index in [1.54, 1.807) is 0 Å². The summed E-state index contributed by atoms with van der Waals surface area (Å²) in [5.41, 5.74) is 3.70. The molecule has 0 aliphatic carbocycles. The third kappa shape index (κ3) is 12.1. The van der Waals surface area contributed by atoms with Crippen LogP contribution in [0.5, 0.6) is 5.75 Å². The molecule has 0 heterocycles. The highest BCUT2D eigenvalue weighted by molar-refractivity contribution is 5.64. The minimum absolute atomic E-state index is 0.149. The van der Waals surface area contributed by atoms with Crippen LogP contribution in [0.15, 0.2) is 48.5 Å². The Morgan fingerprint density at radius 2 is 1.00 bits per heavy atom. The number of unbranched alkanes of at least 4 members (excludes halogenated alkanes) is 12. The van der Waals surface area contributed by atoms with Gasteiger partial charge in [-0.1, -0.05) is 127 Å². The van der Waals surface area contributed by atoms with Crippen LogP contribution in [0.25, 0.3) is 11.1 Å². The summed E-state index contributed by atoms with van der Waals surface area (Å²) in [4.78, 5) is 0. The van der Waals surface area contributed by atoms with E-state index >= 15 is 0 Å². The van der Waals surface area contributed by atoms with Crippen molar-refractivity contribution in [2.75, 3.05) is 13.2 Å². The van der Waals surface area contributed by atoms with Gasteiger partial charge in [0, 0.05) is 6.61 Å². The molecule has 2 nitrogen and oxygen atoms in total. The standard InChI is InChI=1S/C32H50O2/c1-4-6-7-8-9-10-11-12-13-14-15-16-17-27-33-28(3)29-18-20-30(21-19-29)31-22-24-32(25-23-31)34-26-5-2/h18-25,28H,4-17,26-27H2,1-3H3. The second-order valence-electron chi connectivity index (χ2n) is 9.75. The van der Waals surface area contributed by atoms with Crippen LogP contribution in [0.3, 0.4) is 0 Å². The van der Waals surface area contributed by atoms with Crippen molar-refractivity contribution in [1.82, 2.24) is 0 Å². The van der Waals surface area contributed by atoms with E-state index < -0.39 is 0 Å². The molecule has 0 radical (unpaired) electrons. The van der Waals surface area contributed by atoms with Crippen molar-refractivity contribution in [2.24, 2.45) is 0 Å². The molecule has 2 aromatic carbocycles. The Morgan fingerprint density at radius 1 is 0.529 bits per heavy atom. The van der Waals surface area contributed by atoms with Gasteiger partial charge in [-0.2, -0.15) is 0 Å². The quantitative estimate of drug-likeness (QED) is 0.181. The first kappa shape index (κ1) is 28.4. The number of benzene rings is 2. The molecule has 0 N–H and O–H groups in total. The smallest absolute Gasteiger partial charge is 0.119 e. The lowest BCUT2D eigenvalue weighted by Crippen LogP contribution is -2.01. The Hall–Kier alpha value is -1.80. The Bertz CT molecular complexity index is 720. The Kier molecular flexibility index (Phi) is 15.5. The first-order valence-electron chi connectivity index (χ1n) is 14.2. The van der Waals surface area contributed by atoms with Gasteiger partial charge in [0.05, 0.1) is 12.7 Å². The highest BCUT2D eigenvalue weighted by Gasteiger charge is 2.06. The van der Waals surface area contributed by atoms with Gasteiger partial charge in [0.15, 0.2) is 0 Å². The van der Waals surface area contributed by atoms with Crippen LogP contribution in [0, 0.1) is 0 Å². The summed E-state index contributed by atoms with van der Waals surface area (Å²) < 4.78 is 11.8. The van der Waals surface area contributed by atoms with Gasteiger partial charge in [-0.15, -0.1) is 0 Å². The zero-order chi connectivity index (χ0) is 24.3. The van der Waals surface area contributed by atoms with Crippen molar-refractivity contribution >= 4 is 0 Å². The van der Waals surface area contributed by atoms with Gasteiger partial charge in [-0.05, 0) is 48.6 Å². The maximum Gasteiger partial charge on any atom is 0.119 e. The van der Waals surface area contributed by atoms with E-state index in [0.717, 1.165) is 25.4 Å². The van der Waals surface area contributed by atoms with Crippen molar-refractivity contribution in [3.05, 3.63) is 54.1 Å². The van der Waals surface area contributed by atoms with Crippen LogP contribution in [0.1, 0.15) is 122 Å². The molecule has 2 aromatic rings. The zero-order valence-electron chi connectivity index (χ0n) is 22.3. The lowest BCUT2D eigenvalue weighted by atomic mass is 10.0. The molecule has 0 saturated heterocycles. The Labute approximate surface area is 210 Å². The summed E-state index contributed by atoms with van der Waals surface area (Å²) in [7, 11) is 0. The molecule has 34 heavy (non-hydrogen) atoms. The van der Waals surface area contributed by atoms with Crippen LogP contribution in [0.4, 0.5) is 0 Å². The van der Waals surface area contributed by atoms with E-state index in [4.69, 9.17) is 9.47 Å². The maximum atomic E-state index is 6.11. The first-order valence-corrected chi connectivity index (χ1v) is 14.2. The molecule has 0 spiro atoms. The Balaban J connectivity index is 1.52. The topological polar surface area (TPSA) is 18.5 Å². The van der Waals surface area contributed by atoms with Crippen molar-refractivity contribution in [3.63, 3.8) is 0 Å². The normalized spacial score (nSPS) is 12.1. The van der Waals surface area contributed by atoms with Gasteiger partial charge in [-0.3, -0.25) is 0 Å². The molecule has 0 amide bonds. The van der Waals surface area contributed by atoms with E-state index in [-0.39, 0.29) is 6.10 Å². The van der Waals surface area contributed by atoms with E-state index in [0.29, 0.717) is 0 Å². The van der Waals surface area contributed by atoms with E-state index in [2.05, 4.69) is 69.3 Å². The van der Waals surface area contributed by atoms with Crippen molar-refractivity contribution < 1.29 is 9.47 Å². The van der Waals surface area contributed by atoms with E-state index in [1.165, 1.54) is 100 Å². The molecule has 2 heteroatoms. The van der Waals surface area contributed by atoms with Gasteiger partial charge in [0.1, 0.15) is 5.75 Å². The SMILES string of the molecule is CCCCCCCCCCCCCCCOC(C)c1ccc(-c2ccc(OCCC)cc2)cc1. The Morgan fingerprint density at radius 3 is 1.50 bits per heavy atom. The number of ether oxygens (including phenoxy) is 2. The van der Waals surface area contributed by atoms with Crippen LogP contribution in [-0.4, -0.2) is 13.2 Å². The maximum absolute atomic E-state index is 6.11. The van der Waals surface area contributed by atoms with Gasteiger partial charge < -0.3 is 9.47 Å². The summed E-state index contributed by atoms with van der Waals surface area (Å²) in [5, 5.41) is 0. The van der Waals surface area contributed by atoms with Crippen LogP contribution in [-0.2, 0) is 4.74 Å². The van der Waals surface area contributed by atoms with Gasteiger partial charge in [0.2, 0.25) is 0 Å². The number of hydrogen-bond acceptors (Lipinski definition) is 2. The van der Waals surface area contributed by atoms with Crippen LogP contribution < -0.4 is 4.74 Å². The molecule has 0 bridgehead atoms. The van der Waals surface area contributed by atoms with Crippen molar-refractivity contribution in [2.45, 2.75) is 117 Å². The monoisotopic (exact) mass is 466 g/mol. The summed E-state index contributed by atoms with van der Waals surface area (Å²) in [6.07, 6.45) is 19.2. The van der Waals surface area contributed by atoms with Crippen molar-refractivity contribution in [1.29, 1.82) is 0 Å². The number of hydrogen-bond donors (Lipinski definition) is 0. The summed E-state index contributed by atoms with van der Waals surface area (Å²) in [6.45, 7) is 8.21. The van der Waals surface area contributed by atoms with Gasteiger partial charge in [-0.25, -0.2) is 0 Å². The summed E-state index contributed by atoms with van der Waals surface area (Å²) >= 11 is 0. The number of rotatable bonds is 20.